The van der Waals surface area contributed by atoms with Crippen molar-refractivity contribution in [2.24, 2.45) is 17.8 Å². The van der Waals surface area contributed by atoms with Gasteiger partial charge in [0.2, 0.25) is 5.91 Å². The van der Waals surface area contributed by atoms with Gasteiger partial charge in [0.15, 0.2) is 0 Å². The van der Waals surface area contributed by atoms with E-state index in [0.717, 1.165) is 19.4 Å². The molecule has 0 aromatic carbocycles. The summed E-state index contributed by atoms with van der Waals surface area (Å²) in [7, 11) is 0. The second kappa shape index (κ2) is 8.12. The number of amides is 2. The minimum Gasteiger partial charge on any atom is -0.449 e. The first-order valence-corrected chi connectivity index (χ1v) is 7.59. The molecule has 0 spiro atoms. The smallest absolute Gasteiger partial charge is 0.409 e. The highest BCUT2D eigenvalue weighted by atomic mass is 16.6. The maximum Gasteiger partial charge on any atom is 0.409 e. The summed E-state index contributed by atoms with van der Waals surface area (Å²) in [5.41, 5.74) is 0. The number of nitrogens with one attached hydrogen (secondary N) is 1. The van der Waals surface area contributed by atoms with Gasteiger partial charge in [-0.2, -0.15) is 0 Å². The minimum atomic E-state index is -0.250. The number of carbonyl (C=O) groups is 2. The summed E-state index contributed by atoms with van der Waals surface area (Å²) >= 11 is 0. The highest BCUT2D eigenvalue weighted by molar-refractivity contribution is 5.79. The Hall–Kier alpha value is -1.26. The first-order valence-electron chi connectivity index (χ1n) is 7.59. The lowest BCUT2D eigenvalue weighted by Crippen LogP contribution is -2.44. The Balaban J connectivity index is 2.28. The Morgan fingerprint density at radius 1 is 1.15 bits per heavy atom. The number of hydrogen-bond donors (Lipinski definition) is 1. The van der Waals surface area contributed by atoms with Crippen LogP contribution in [-0.4, -0.2) is 43.1 Å². The van der Waals surface area contributed by atoms with Crippen molar-refractivity contribution in [2.45, 2.75) is 40.5 Å². The van der Waals surface area contributed by atoms with Crippen LogP contribution in [0.3, 0.4) is 0 Å². The Bertz CT molecular complexity index is 289. The van der Waals surface area contributed by atoms with Crippen molar-refractivity contribution in [3.63, 3.8) is 0 Å². The predicted octanol–water partition coefficient (Wildman–Crippen LogP) is 2.26. The fraction of sp³-hybridized carbons (Fsp3) is 0.867. The van der Waals surface area contributed by atoms with Gasteiger partial charge < -0.3 is 15.0 Å². The summed E-state index contributed by atoms with van der Waals surface area (Å²) < 4.78 is 5.20. The molecule has 0 unspecified atom stereocenters. The maximum atomic E-state index is 11.9. The molecule has 0 aliphatic carbocycles. The monoisotopic (exact) mass is 284 g/mol. The summed E-state index contributed by atoms with van der Waals surface area (Å²) in [6, 6.07) is 0. The van der Waals surface area contributed by atoms with Crippen LogP contribution in [0.25, 0.3) is 0 Å². The van der Waals surface area contributed by atoms with E-state index in [1.807, 2.05) is 13.8 Å². The summed E-state index contributed by atoms with van der Waals surface area (Å²) in [5, 5.41) is 2.96. The molecule has 20 heavy (non-hydrogen) atoms. The summed E-state index contributed by atoms with van der Waals surface area (Å²) in [4.78, 5) is 25.4. The van der Waals surface area contributed by atoms with Crippen LogP contribution in [-0.2, 0) is 9.53 Å². The minimum absolute atomic E-state index is 0.0305. The fourth-order valence-corrected chi connectivity index (χ4v) is 2.10. The first-order chi connectivity index (χ1) is 9.40. The number of piperidine rings is 1. The summed E-state index contributed by atoms with van der Waals surface area (Å²) in [6.07, 6.45) is 1.20. The van der Waals surface area contributed by atoms with Crippen LogP contribution < -0.4 is 5.32 Å². The lowest BCUT2D eigenvalue weighted by molar-refractivity contribution is -0.126. The molecule has 1 N–H and O–H groups in total. The molecule has 0 radical (unpaired) electrons. The Kier molecular flexibility index (Phi) is 6.82. The van der Waals surface area contributed by atoms with Gasteiger partial charge in [-0.25, -0.2) is 4.79 Å². The molecule has 1 aliphatic heterocycles. The SMILES string of the molecule is CC(C)CNC(=O)C1CCN(C(=O)OCC(C)C)CC1. The van der Waals surface area contributed by atoms with Crippen LogP contribution >= 0.6 is 0 Å². The Labute approximate surface area is 122 Å². The molecule has 1 fully saturated rings. The number of likely N-dealkylation sites (tertiary alicyclic amines) is 1. The zero-order valence-corrected chi connectivity index (χ0v) is 13.1. The van der Waals surface area contributed by atoms with Gasteiger partial charge in [-0.1, -0.05) is 27.7 Å². The van der Waals surface area contributed by atoms with E-state index in [1.54, 1.807) is 4.90 Å². The van der Waals surface area contributed by atoms with Crippen LogP contribution in [0.5, 0.6) is 0 Å². The van der Waals surface area contributed by atoms with Crippen LogP contribution in [0.2, 0.25) is 0 Å². The third-order valence-corrected chi connectivity index (χ3v) is 3.35. The average Bonchev–Trinajstić information content (AvgIpc) is 2.42. The number of ether oxygens (including phenoxy) is 1. The van der Waals surface area contributed by atoms with Gasteiger partial charge in [0, 0.05) is 25.6 Å². The number of carbonyl (C=O) groups excluding carboxylic acids is 2. The zero-order chi connectivity index (χ0) is 15.1. The Morgan fingerprint density at radius 2 is 1.75 bits per heavy atom. The normalized spacial score (nSPS) is 16.6. The zero-order valence-electron chi connectivity index (χ0n) is 13.1. The van der Waals surface area contributed by atoms with E-state index < -0.39 is 0 Å². The molecule has 1 heterocycles. The second-order valence-electron chi connectivity index (χ2n) is 6.37. The molecular weight excluding hydrogens is 256 g/mol. The Morgan fingerprint density at radius 3 is 2.25 bits per heavy atom. The number of hydrogen-bond acceptors (Lipinski definition) is 3. The van der Waals surface area contributed by atoms with Gasteiger partial charge >= 0.3 is 6.09 Å². The van der Waals surface area contributed by atoms with Crippen molar-refractivity contribution in [1.29, 1.82) is 0 Å². The lowest BCUT2D eigenvalue weighted by atomic mass is 9.96. The fourth-order valence-electron chi connectivity index (χ4n) is 2.10. The van der Waals surface area contributed by atoms with Crippen molar-refractivity contribution in [3.8, 4) is 0 Å². The molecule has 0 saturated carbocycles. The van der Waals surface area contributed by atoms with E-state index in [2.05, 4.69) is 19.2 Å². The molecular formula is C15H28N2O3. The van der Waals surface area contributed by atoms with Gasteiger partial charge in [-0.15, -0.1) is 0 Å². The van der Waals surface area contributed by atoms with Crippen LogP contribution in [0.15, 0.2) is 0 Å². The molecule has 0 atom stereocenters. The molecule has 5 nitrogen and oxygen atoms in total. The largest absolute Gasteiger partial charge is 0.449 e. The van der Waals surface area contributed by atoms with E-state index >= 15 is 0 Å². The molecule has 0 bridgehead atoms. The van der Waals surface area contributed by atoms with Crippen LogP contribution in [0.4, 0.5) is 4.79 Å². The second-order valence-corrected chi connectivity index (χ2v) is 6.37. The van der Waals surface area contributed by atoms with E-state index in [0.29, 0.717) is 31.5 Å². The molecule has 0 aromatic rings. The number of nitrogens with zero attached hydrogens (tertiary/aromatic N) is 1. The highest BCUT2D eigenvalue weighted by Gasteiger charge is 2.27. The van der Waals surface area contributed by atoms with Gasteiger partial charge in [0.25, 0.3) is 0 Å². The predicted molar refractivity (Wildman–Crippen MR) is 78.3 cm³/mol. The van der Waals surface area contributed by atoms with Crippen molar-refractivity contribution >= 4 is 12.0 Å². The third kappa shape index (κ3) is 5.80. The lowest BCUT2D eigenvalue weighted by Gasteiger charge is -2.31. The molecule has 1 saturated heterocycles. The maximum absolute atomic E-state index is 11.9. The summed E-state index contributed by atoms with van der Waals surface area (Å²) in [6.45, 7) is 10.6. The van der Waals surface area contributed by atoms with Crippen molar-refractivity contribution in [3.05, 3.63) is 0 Å². The first kappa shape index (κ1) is 16.8. The standard InChI is InChI=1S/C15H28N2O3/c1-11(2)9-16-14(18)13-5-7-17(8-6-13)15(19)20-10-12(3)4/h11-13H,5-10H2,1-4H3,(H,16,18). The average molecular weight is 284 g/mol. The molecule has 1 rings (SSSR count). The van der Waals surface area contributed by atoms with Gasteiger partial charge in [0.1, 0.15) is 0 Å². The topological polar surface area (TPSA) is 58.6 Å². The van der Waals surface area contributed by atoms with E-state index in [9.17, 15) is 9.59 Å². The van der Waals surface area contributed by atoms with E-state index in [-0.39, 0.29) is 17.9 Å². The molecule has 1 aliphatic rings. The van der Waals surface area contributed by atoms with Gasteiger partial charge in [-0.05, 0) is 24.7 Å². The highest BCUT2D eigenvalue weighted by Crippen LogP contribution is 2.18. The third-order valence-electron chi connectivity index (χ3n) is 3.35. The van der Waals surface area contributed by atoms with Crippen LogP contribution in [0, 0.1) is 17.8 Å². The van der Waals surface area contributed by atoms with Gasteiger partial charge in [-0.3, -0.25) is 4.79 Å². The molecule has 0 aromatic heterocycles. The van der Waals surface area contributed by atoms with Gasteiger partial charge in [0.05, 0.1) is 6.61 Å². The summed E-state index contributed by atoms with van der Waals surface area (Å²) in [5.74, 6) is 0.958. The van der Waals surface area contributed by atoms with Crippen LogP contribution in [0.1, 0.15) is 40.5 Å². The van der Waals surface area contributed by atoms with Crippen molar-refractivity contribution in [2.75, 3.05) is 26.2 Å². The van der Waals surface area contributed by atoms with Crippen molar-refractivity contribution in [1.82, 2.24) is 10.2 Å². The molecule has 116 valence electrons. The number of rotatable bonds is 5. The quantitative estimate of drug-likeness (QED) is 0.842. The molecule has 2 amide bonds. The van der Waals surface area contributed by atoms with E-state index in [1.165, 1.54) is 0 Å². The van der Waals surface area contributed by atoms with E-state index in [4.69, 9.17) is 4.74 Å². The molecule has 5 heteroatoms. The van der Waals surface area contributed by atoms with Crippen molar-refractivity contribution < 1.29 is 14.3 Å².